The smallest absolute Gasteiger partial charge is 0.337 e. The molecule has 20 heavy (non-hydrogen) atoms. The van der Waals surface area contributed by atoms with Crippen molar-refractivity contribution in [2.45, 2.75) is 31.5 Å². The van der Waals surface area contributed by atoms with Crippen molar-refractivity contribution in [1.82, 2.24) is 9.55 Å². The van der Waals surface area contributed by atoms with Crippen molar-refractivity contribution in [1.29, 1.82) is 0 Å². The van der Waals surface area contributed by atoms with Gasteiger partial charge in [0.2, 0.25) is 0 Å². The van der Waals surface area contributed by atoms with E-state index < -0.39 is 41.8 Å². The number of aliphatic hydroxyl groups is 1. The highest BCUT2D eigenvalue weighted by Gasteiger charge is 2.49. The van der Waals surface area contributed by atoms with Crippen LogP contribution < -0.4 is 11.2 Å². The van der Waals surface area contributed by atoms with Gasteiger partial charge >= 0.3 is 11.7 Å². The summed E-state index contributed by atoms with van der Waals surface area (Å²) in [6, 6.07) is 0. The van der Waals surface area contributed by atoms with Gasteiger partial charge in [-0.1, -0.05) is 0 Å². The van der Waals surface area contributed by atoms with E-state index in [1.165, 1.54) is 6.92 Å². The summed E-state index contributed by atoms with van der Waals surface area (Å²) >= 11 is 0. The molecule has 1 aliphatic rings. The number of aryl methyl sites for hydroxylation is 1. The maximum absolute atomic E-state index is 14.0. The van der Waals surface area contributed by atoms with Gasteiger partial charge in [-0.3, -0.25) is 14.3 Å². The number of carbonyl (C=O) groups is 1. The number of halogens is 1. The minimum absolute atomic E-state index is 0.163. The van der Waals surface area contributed by atoms with E-state index in [1.54, 1.807) is 0 Å². The number of hydrogen-bond acceptors (Lipinski definition) is 6. The van der Waals surface area contributed by atoms with Crippen molar-refractivity contribution in [3.05, 3.63) is 32.6 Å². The first-order valence-corrected chi connectivity index (χ1v) is 5.74. The van der Waals surface area contributed by atoms with Gasteiger partial charge in [0.05, 0.1) is 7.11 Å². The van der Waals surface area contributed by atoms with Gasteiger partial charge in [0, 0.05) is 11.8 Å². The first kappa shape index (κ1) is 14.4. The van der Waals surface area contributed by atoms with Gasteiger partial charge in [-0.2, -0.15) is 0 Å². The van der Waals surface area contributed by atoms with Gasteiger partial charge in [0.15, 0.2) is 18.5 Å². The molecular formula is C11H13FN2O6. The predicted octanol–water partition coefficient (Wildman–Crippen LogP) is -1.39. The van der Waals surface area contributed by atoms with Crippen LogP contribution in [0.15, 0.2) is 15.8 Å². The fourth-order valence-electron chi connectivity index (χ4n) is 1.95. The number of alkyl halides is 1. The van der Waals surface area contributed by atoms with Gasteiger partial charge in [0.1, 0.15) is 6.10 Å². The molecule has 0 radical (unpaired) electrons. The molecule has 0 aliphatic carbocycles. The molecule has 9 heteroatoms. The molecule has 1 aliphatic heterocycles. The maximum atomic E-state index is 14.0. The standard InChI is InChI=1S/C11H13FN2O6/c1-4-3-14(11(18)13-8(4)16)9-5(12)6(15)7(20-9)10(17)19-2/h3,5-7,9,15H,1-2H3,(H,13,16,18)/t5-,6+,7+,9-/m1/s1. The molecule has 1 saturated heterocycles. The van der Waals surface area contributed by atoms with E-state index in [-0.39, 0.29) is 5.56 Å². The van der Waals surface area contributed by atoms with E-state index in [0.717, 1.165) is 17.9 Å². The monoisotopic (exact) mass is 288 g/mol. The summed E-state index contributed by atoms with van der Waals surface area (Å²) < 4.78 is 24.2. The second-order valence-electron chi connectivity index (χ2n) is 4.38. The molecule has 2 rings (SSSR count). The third-order valence-electron chi connectivity index (χ3n) is 3.05. The summed E-state index contributed by atoms with van der Waals surface area (Å²) in [4.78, 5) is 36.2. The van der Waals surface area contributed by atoms with Crippen molar-refractivity contribution < 1.29 is 23.8 Å². The Bertz CT molecular complexity index is 639. The topological polar surface area (TPSA) is 111 Å². The molecule has 4 atom stereocenters. The summed E-state index contributed by atoms with van der Waals surface area (Å²) in [5, 5.41) is 9.62. The number of H-pyrrole nitrogens is 1. The highest BCUT2D eigenvalue weighted by Crippen LogP contribution is 2.31. The van der Waals surface area contributed by atoms with Crippen molar-refractivity contribution in [2.24, 2.45) is 0 Å². The number of carbonyl (C=O) groups excluding carboxylic acids is 1. The number of hydrogen-bond donors (Lipinski definition) is 2. The molecule has 0 saturated carbocycles. The lowest BCUT2D eigenvalue weighted by molar-refractivity contribution is -0.159. The Kier molecular flexibility index (Phi) is 3.73. The second-order valence-corrected chi connectivity index (χ2v) is 4.38. The molecular weight excluding hydrogens is 275 g/mol. The van der Waals surface area contributed by atoms with E-state index in [2.05, 4.69) is 4.74 Å². The molecule has 0 spiro atoms. The van der Waals surface area contributed by atoms with Crippen LogP contribution in [-0.4, -0.2) is 46.1 Å². The number of nitrogens with zero attached hydrogens (tertiary/aromatic N) is 1. The van der Waals surface area contributed by atoms with Crippen molar-refractivity contribution in [3.8, 4) is 0 Å². The number of aliphatic hydroxyl groups excluding tert-OH is 1. The highest BCUT2D eigenvalue weighted by molar-refractivity contribution is 5.75. The van der Waals surface area contributed by atoms with Gasteiger partial charge in [0.25, 0.3) is 5.56 Å². The number of aromatic nitrogens is 2. The number of rotatable bonds is 2. The van der Waals surface area contributed by atoms with Crippen LogP contribution in [0.1, 0.15) is 11.8 Å². The zero-order valence-corrected chi connectivity index (χ0v) is 10.7. The minimum Gasteiger partial charge on any atom is -0.467 e. The average molecular weight is 288 g/mol. The second kappa shape index (κ2) is 5.17. The third-order valence-corrected chi connectivity index (χ3v) is 3.05. The molecule has 0 aromatic carbocycles. The lowest BCUT2D eigenvalue weighted by Gasteiger charge is -2.15. The van der Waals surface area contributed by atoms with Crippen LogP contribution in [0.25, 0.3) is 0 Å². The van der Waals surface area contributed by atoms with Gasteiger partial charge < -0.3 is 14.6 Å². The Hall–Kier alpha value is -2.00. The van der Waals surface area contributed by atoms with E-state index >= 15 is 0 Å². The summed E-state index contributed by atoms with van der Waals surface area (Å²) in [5.41, 5.74) is -1.34. The molecule has 0 bridgehead atoms. The average Bonchev–Trinajstić information content (AvgIpc) is 2.70. The van der Waals surface area contributed by atoms with E-state index in [9.17, 15) is 23.9 Å². The molecule has 2 heterocycles. The fourth-order valence-corrected chi connectivity index (χ4v) is 1.95. The van der Waals surface area contributed by atoms with Crippen LogP contribution in [0, 0.1) is 6.92 Å². The molecule has 0 amide bonds. The number of ether oxygens (including phenoxy) is 2. The zero-order valence-electron chi connectivity index (χ0n) is 10.7. The number of methoxy groups -OCH3 is 1. The Morgan fingerprint density at radius 3 is 2.80 bits per heavy atom. The Balaban J connectivity index is 2.40. The fraction of sp³-hybridized carbons (Fsp3) is 0.545. The van der Waals surface area contributed by atoms with E-state index in [0.29, 0.717) is 0 Å². The van der Waals surface area contributed by atoms with Crippen molar-refractivity contribution in [3.63, 3.8) is 0 Å². The molecule has 1 fully saturated rings. The van der Waals surface area contributed by atoms with E-state index in [1.807, 2.05) is 4.98 Å². The maximum Gasteiger partial charge on any atom is 0.337 e. The molecule has 0 unspecified atom stereocenters. The van der Waals surface area contributed by atoms with Crippen LogP contribution in [0.2, 0.25) is 0 Å². The lowest BCUT2D eigenvalue weighted by atomic mass is 10.1. The number of esters is 1. The summed E-state index contributed by atoms with van der Waals surface area (Å²) in [6.07, 6.45) is -5.71. The van der Waals surface area contributed by atoms with Crippen LogP contribution >= 0.6 is 0 Å². The van der Waals surface area contributed by atoms with Crippen LogP contribution in [0.5, 0.6) is 0 Å². The Labute approximate surface area is 111 Å². The molecule has 1 aromatic heterocycles. The van der Waals surface area contributed by atoms with Crippen LogP contribution in [0.4, 0.5) is 4.39 Å². The van der Waals surface area contributed by atoms with Crippen molar-refractivity contribution >= 4 is 5.97 Å². The van der Waals surface area contributed by atoms with Gasteiger partial charge in [-0.15, -0.1) is 0 Å². The largest absolute Gasteiger partial charge is 0.467 e. The highest BCUT2D eigenvalue weighted by atomic mass is 19.1. The van der Waals surface area contributed by atoms with Gasteiger partial charge in [-0.25, -0.2) is 14.0 Å². The Morgan fingerprint density at radius 2 is 2.20 bits per heavy atom. The normalized spacial score (nSPS) is 29.4. The molecule has 1 aromatic rings. The summed E-state index contributed by atoms with van der Waals surface area (Å²) in [5.74, 6) is -0.947. The first-order valence-electron chi connectivity index (χ1n) is 5.74. The van der Waals surface area contributed by atoms with Crippen LogP contribution in [0.3, 0.4) is 0 Å². The molecule has 110 valence electrons. The quantitative estimate of drug-likeness (QED) is 0.649. The van der Waals surface area contributed by atoms with Gasteiger partial charge in [-0.05, 0) is 6.92 Å². The third kappa shape index (κ3) is 2.25. The molecule has 8 nitrogen and oxygen atoms in total. The number of nitrogens with one attached hydrogen (secondary N) is 1. The van der Waals surface area contributed by atoms with E-state index in [4.69, 9.17) is 4.74 Å². The lowest BCUT2D eigenvalue weighted by Crippen LogP contribution is -2.37. The van der Waals surface area contributed by atoms with Crippen LogP contribution in [-0.2, 0) is 14.3 Å². The summed E-state index contributed by atoms with van der Waals surface area (Å²) in [6.45, 7) is 1.42. The molecule has 2 N–H and O–H groups in total. The SMILES string of the molecule is COC(=O)[C@H]1O[C@@H](n2cc(C)c(=O)[nH]c2=O)[C@H](F)[C@@H]1O. The zero-order chi connectivity index (χ0) is 15.0. The number of aromatic amines is 1. The Morgan fingerprint density at radius 1 is 1.55 bits per heavy atom. The first-order chi connectivity index (χ1) is 9.36. The van der Waals surface area contributed by atoms with Crippen molar-refractivity contribution in [2.75, 3.05) is 7.11 Å². The predicted molar refractivity (Wildman–Crippen MR) is 62.9 cm³/mol. The summed E-state index contributed by atoms with van der Waals surface area (Å²) in [7, 11) is 1.06. The minimum atomic E-state index is -2.01.